The average molecular weight is 838 g/mol. The van der Waals surface area contributed by atoms with Crippen molar-refractivity contribution in [2.24, 2.45) is 0 Å². The molecular formula is C40H49BrN6O9. The highest BCUT2D eigenvalue weighted by Crippen LogP contribution is 2.37. The van der Waals surface area contributed by atoms with Crippen LogP contribution in [0.5, 0.6) is 23.0 Å². The number of carbonyl (C=O) groups excluding carboxylic acids is 6. The third kappa shape index (κ3) is 11.0. The Balaban J connectivity index is 1.54. The lowest BCUT2D eigenvalue weighted by Gasteiger charge is -2.33. The SMILES string of the molecule is COc1ccc(C[C@@H](C(=O)N[C@@H](C)C(=O)N(C)[C@H]2Cc3ccc(cc3)Oc3cc(c(Br)cc3OC)CCNC2=O)N(C)C(=O)[C@H](C)NC(=O)[C@@H](C)NC=O)cc1. The number of benzene rings is 3. The standard InChI is InChI=1S/C40H49BrN6O9/c1-23(43-22-48)36(49)44-24(2)39(52)47(5)33(19-26-8-12-29(54-6)13-9-26)38(51)45-25(3)40(53)46(4)32-18-27-10-14-30(15-11-27)56-35-20-28(16-17-42-37(32)50)31(41)21-34(35)55-7/h8-15,20-25,32-33H,16-19H2,1-7H3,(H,42,50)(H,43,48)(H,44,49)(H,45,51)/t23-,24+,25+,32+,33+/m1/s1. The minimum absolute atomic E-state index is 0.0646. The van der Waals surface area contributed by atoms with Gasteiger partial charge in [0, 0.05) is 38.0 Å². The summed E-state index contributed by atoms with van der Waals surface area (Å²) in [4.78, 5) is 81.3. The fraction of sp³-hybridized carbons (Fsp3) is 0.400. The van der Waals surface area contributed by atoms with Crippen molar-refractivity contribution < 1.29 is 43.0 Å². The second-order valence-corrected chi connectivity index (χ2v) is 14.4. The van der Waals surface area contributed by atoms with E-state index in [1.165, 1.54) is 51.8 Å². The van der Waals surface area contributed by atoms with Gasteiger partial charge in [-0.1, -0.05) is 40.2 Å². The summed E-state index contributed by atoms with van der Waals surface area (Å²) in [5.41, 5.74) is 2.35. The molecule has 4 N–H and O–H groups in total. The molecule has 3 aromatic carbocycles. The van der Waals surface area contributed by atoms with E-state index in [4.69, 9.17) is 14.2 Å². The molecule has 0 spiro atoms. The summed E-state index contributed by atoms with van der Waals surface area (Å²) in [5.74, 6) is -0.457. The fourth-order valence-corrected chi connectivity index (χ4v) is 6.67. The van der Waals surface area contributed by atoms with Crippen molar-refractivity contribution in [3.05, 3.63) is 81.8 Å². The van der Waals surface area contributed by atoms with Crippen LogP contribution in [0.25, 0.3) is 0 Å². The zero-order valence-electron chi connectivity index (χ0n) is 32.5. The molecular weight excluding hydrogens is 788 g/mol. The zero-order valence-corrected chi connectivity index (χ0v) is 34.1. The Morgan fingerprint density at radius 1 is 0.911 bits per heavy atom. The molecule has 2 aliphatic heterocycles. The molecule has 56 heavy (non-hydrogen) atoms. The Morgan fingerprint density at radius 3 is 2.18 bits per heavy atom. The zero-order chi connectivity index (χ0) is 41.1. The molecule has 4 bridgehead atoms. The minimum Gasteiger partial charge on any atom is -0.497 e. The Morgan fingerprint density at radius 2 is 1.55 bits per heavy atom. The van der Waals surface area contributed by atoms with E-state index >= 15 is 0 Å². The molecule has 300 valence electrons. The number of nitrogens with one attached hydrogen (secondary N) is 4. The molecule has 15 nitrogen and oxygen atoms in total. The summed E-state index contributed by atoms with van der Waals surface area (Å²) in [7, 11) is 6.04. The van der Waals surface area contributed by atoms with Crippen LogP contribution in [0.15, 0.2) is 65.1 Å². The van der Waals surface area contributed by atoms with Gasteiger partial charge in [0.25, 0.3) is 0 Å². The summed E-state index contributed by atoms with van der Waals surface area (Å²) < 4.78 is 17.7. The first kappa shape index (κ1) is 43.1. The molecule has 0 aromatic heterocycles. The number of nitrogens with zero attached hydrogens (tertiary/aromatic N) is 2. The van der Waals surface area contributed by atoms with Crippen molar-refractivity contribution in [3.8, 4) is 23.0 Å². The maximum atomic E-state index is 14.0. The van der Waals surface area contributed by atoms with Gasteiger partial charge >= 0.3 is 0 Å². The average Bonchev–Trinajstić information content (AvgIpc) is 3.19. The molecule has 5 rings (SSSR count). The van der Waals surface area contributed by atoms with Crippen LogP contribution in [0.2, 0.25) is 0 Å². The predicted octanol–water partition coefficient (Wildman–Crippen LogP) is 2.51. The van der Waals surface area contributed by atoms with E-state index in [1.54, 1.807) is 43.5 Å². The lowest BCUT2D eigenvalue weighted by Crippen LogP contribution is -2.59. The summed E-state index contributed by atoms with van der Waals surface area (Å²) in [6, 6.07) is 12.7. The third-order valence-corrected chi connectivity index (χ3v) is 10.3. The number of methoxy groups -OCH3 is 2. The second kappa shape index (κ2) is 19.8. The van der Waals surface area contributed by atoms with Gasteiger partial charge in [-0.25, -0.2) is 0 Å². The maximum Gasteiger partial charge on any atom is 0.245 e. The quantitative estimate of drug-likeness (QED) is 0.177. The summed E-state index contributed by atoms with van der Waals surface area (Å²) in [6.45, 7) is 4.72. The second-order valence-electron chi connectivity index (χ2n) is 13.5. The number of ether oxygens (including phenoxy) is 3. The van der Waals surface area contributed by atoms with Crippen molar-refractivity contribution >= 4 is 51.9 Å². The van der Waals surface area contributed by atoms with Gasteiger partial charge in [0.05, 0.1) is 14.2 Å². The van der Waals surface area contributed by atoms with Gasteiger partial charge in [-0.3, -0.25) is 28.8 Å². The van der Waals surface area contributed by atoms with E-state index in [0.717, 1.165) is 15.6 Å². The Bertz CT molecular complexity index is 1890. The fourth-order valence-electron chi connectivity index (χ4n) is 6.15. The highest BCUT2D eigenvalue weighted by molar-refractivity contribution is 9.10. The van der Waals surface area contributed by atoms with Crippen LogP contribution in [0.3, 0.4) is 0 Å². The van der Waals surface area contributed by atoms with Crippen molar-refractivity contribution in [1.29, 1.82) is 0 Å². The number of hydrogen-bond acceptors (Lipinski definition) is 9. The van der Waals surface area contributed by atoms with E-state index in [2.05, 4.69) is 37.2 Å². The van der Waals surface area contributed by atoms with Gasteiger partial charge in [-0.15, -0.1) is 0 Å². The molecule has 5 atom stereocenters. The van der Waals surface area contributed by atoms with Gasteiger partial charge in [-0.05, 0) is 80.3 Å². The summed E-state index contributed by atoms with van der Waals surface area (Å²) in [6.07, 6.45) is 1.08. The molecule has 16 heteroatoms. The number of carbonyl (C=O) groups is 6. The first-order chi connectivity index (χ1) is 26.7. The topological polar surface area (TPSA) is 185 Å². The van der Waals surface area contributed by atoms with E-state index in [-0.39, 0.29) is 25.3 Å². The van der Waals surface area contributed by atoms with Crippen LogP contribution in [-0.4, -0.2) is 111 Å². The highest BCUT2D eigenvalue weighted by Gasteiger charge is 2.35. The molecule has 0 aliphatic carbocycles. The van der Waals surface area contributed by atoms with Crippen molar-refractivity contribution in [1.82, 2.24) is 31.1 Å². The van der Waals surface area contributed by atoms with E-state index in [0.29, 0.717) is 41.4 Å². The predicted molar refractivity (Wildman–Crippen MR) is 211 cm³/mol. The molecule has 0 saturated carbocycles. The Hall–Kier alpha value is -5.64. The Labute approximate surface area is 334 Å². The molecule has 0 fully saturated rings. The Kier molecular flexibility index (Phi) is 15.2. The first-order valence-electron chi connectivity index (χ1n) is 18.0. The number of likely N-dealkylation sites (N-methyl/N-ethyl adjacent to an activating group) is 2. The van der Waals surface area contributed by atoms with Gasteiger partial charge in [0.15, 0.2) is 11.5 Å². The van der Waals surface area contributed by atoms with Crippen LogP contribution in [0.1, 0.15) is 37.5 Å². The van der Waals surface area contributed by atoms with Crippen molar-refractivity contribution in [2.75, 3.05) is 34.9 Å². The lowest BCUT2D eigenvalue weighted by atomic mass is 10.0. The largest absolute Gasteiger partial charge is 0.497 e. The van der Waals surface area contributed by atoms with Crippen LogP contribution >= 0.6 is 15.9 Å². The number of rotatable bonds is 14. The number of amides is 6. The maximum absolute atomic E-state index is 14.0. The molecule has 0 saturated heterocycles. The van der Waals surface area contributed by atoms with Gasteiger partial charge in [-0.2, -0.15) is 0 Å². The number of halogens is 1. The van der Waals surface area contributed by atoms with E-state index in [1.807, 2.05) is 24.3 Å². The highest BCUT2D eigenvalue weighted by atomic mass is 79.9. The molecule has 3 aromatic rings. The van der Waals surface area contributed by atoms with E-state index < -0.39 is 53.8 Å². The molecule has 2 heterocycles. The monoisotopic (exact) mass is 836 g/mol. The van der Waals surface area contributed by atoms with Crippen molar-refractivity contribution in [3.63, 3.8) is 0 Å². The van der Waals surface area contributed by atoms with Gasteiger partial charge in [0.2, 0.25) is 35.9 Å². The van der Waals surface area contributed by atoms with Crippen LogP contribution in [-0.2, 0) is 48.0 Å². The first-order valence-corrected chi connectivity index (χ1v) is 18.8. The molecule has 6 amide bonds. The van der Waals surface area contributed by atoms with Crippen LogP contribution < -0.4 is 35.5 Å². The minimum atomic E-state index is -1.11. The third-order valence-electron chi connectivity index (χ3n) is 9.60. The molecule has 2 aliphatic rings. The van der Waals surface area contributed by atoms with E-state index in [9.17, 15) is 28.8 Å². The summed E-state index contributed by atoms with van der Waals surface area (Å²) in [5, 5.41) is 10.6. The lowest BCUT2D eigenvalue weighted by molar-refractivity contribution is -0.144. The smallest absolute Gasteiger partial charge is 0.245 e. The molecule has 0 unspecified atom stereocenters. The summed E-state index contributed by atoms with van der Waals surface area (Å²) >= 11 is 3.58. The van der Waals surface area contributed by atoms with Gasteiger partial charge in [0.1, 0.15) is 41.7 Å². The number of hydrogen-bond donors (Lipinski definition) is 4. The van der Waals surface area contributed by atoms with Crippen molar-refractivity contribution in [2.45, 2.75) is 70.2 Å². The number of fused-ring (bicyclic) bond motifs is 7. The molecule has 0 radical (unpaired) electrons. The van der Waals surface area contributed by atoms with Crippen LogP contribution in [0.4, 0.5) is 0 Å². The van der Waals surface area contributed by atoms with Crippen LogP contribution in [0, 0.1) is 0 Å². The normalized spacial score (nSPS) is 15.9. The van der Waals surface area contributed by atoms with Gasteiger partial charge < -0.3 is 45.3 Å².